The first kappa shape index (κ1) is 13.1. The second kappa shape index (κ2) is 4.56. The van der Waals surface area contributed by atoms with E-state index in [0.717, 1.165) is 0 Å². The molecule has 0 saturated heterocycles. The van der Waals surface area contributed by atoms with E-state index in [1.54, 1.807) is 0 Å². The minimum absolute atomic E-state index is 1.32. The van der Waals surface area contributed by atoms with Crippen LogP contribution in [0.15, 0.2) is 60.7 Å². The molecule has 0 aliphatic heterocycles. The molecule has 0 nitrogen and oxygen atoms in total. The highest BCUT2D eigenvalue weighted by Crippen LogP contribution is 2.43. The topological polar surface area (TPSA) is 0 Å². The molecule has 0 aliphatic rings. The molecule has 0 spiro atoms. The first-order valence-electron chi connectivity index (χ1n) is 7.97. The molecular formula is C22H16S. The molecule has 0 amide bonds. The Morgan fingerprint density at radius 1 is 0.609 bits per heavy atom. The van der Waals surface area contributed by atoms with Crippen LogP contribution < -0.4 is 0 Å². The van der Waals surface area contributed by atoms with Crippen LogP contribution in [0.25, 0.3) is 41.7 Å². The summed E-state index contributed by atoms with van der Waals surface area (Å²) in [7, 11) is 0. The zero-order valence-electron chi connectivity index (χ0n) is 13.2. The lowest BCUT2D eigenvalue weighted by molar-refractivity contribution is 1.56. The molecule has 0 saturated carbocycles. The molecule has 1 heterocycles. The highest BCUT2D eigenvalue weighted by molar-refractivity contribution is 7.26. The first-order valence-corrected chi connectivity index (χ1v) is 8.79. The predicted octanol–water partition coefficient (Wildman–Crippen LogP) is 6.98. The summed E-state index contributed by atoms with van der Waals surface area (Å²) in [4.78, 5) is 0. The summed E-state index contributed by atoms with van der Waals surface area (Å²) >= 11 is 1.92. The Balaban J connectivity index is 2.16. The molecule has 0 aliphatic carbocycles. The minimum Gasteiger partial charge on any atom is -0.135 e. The van der Waals surface area contributed by atoms with Gasteiger partial charge in [0.1, 0.15) is 0 Å². The van der Waals surface area contributed by atoms with Gasteiger partial charge in [-0.25, -0.2) is 0 Å². The molecule has 1 heteroatoms. The van der Waals surface area contributed by atoms with E-state index in [2.05, 4.69) is 74.5 Å². The molecular weight excluding hydrogens is 296 g/mol. The largest absolute Gasteiger partial charge is 0.135 e. The van der Waals surface area contributed by atoms with E-state index in [0.29, 0.717) is 0 Å². The second-order valence-electron chi connectivity index (χ2n) is 6.26. The summed E-state index contributed by atoms with van der Waals surface area (Å²) in [5, 5.41) is 8.32. The van der Waals surface area contributed by atoms with Gasteiger partial charge in [-0.3, -0.25) is 0 Å². The molecule has 0 N–H and O–H groups in total. The van der Waals surface area contributed by atoms with Crippen LogP contribution in [-0.2, 0) is 0 Å². The quantitative estimate of drug-likeness (QED) is 0.271. The summed E-state index contributed by atoms with van der Waals surface area (Å²) in [6.45, 7) is 4.56. The standard InChI is InChI=1S/C22H16S/c1-13-16-12-11-15-7-3-4-8-17(15)20(16)14(2)21-18-9-5-6-10-19(18)23-22(13)21/h3-12H,1-2H3. The van der Waals surface area contributed by atoms with Gasteiger partial charge in [-0.2, -0.15) is 0 Å². The van der Waals surface area contributed by atoms with Gasteiger partial charge in [-0.05, 0) is 52.6 Å². The second-order valence-corrected chi connectivity index (χ2v) is 7.31. The van der Waals surface area contributed by atoms with Crippen LogP contribution >= 0.6 is 11.3 Å². The number of hydrogen-bond acceptors (Lipinski definition) is 1. The number of benzene rings is 4. The zero-order chi connectivity index (χ0) is 15.6. The van der Waals surface area contributed by atoms with Crippen molar-refractivity contribution in [1.82, 2.24) is 0 Å². The smallest absolute Gasteiger partial charge is 0.0393 e. The number of thiophene rings is 1. The van der Waals surface area contributed by atoms with Crippen molar-refractivity contribution < 1.29 is 0 Å². The van der Waals surface area contributed by atoms with Crippen LogP contribution in [0.2, 0.25) is 0 Å². The van der Waals surface area contributed by atoms with E-state index in [1.165, 1.54) is 52.8 Å². The third-order valence-electron chi connectivity index (χ3n) is 5.02. The van der Waals surface area contributed by atoms with Gasteiger partial charge in [0.05, 0.1) is 0 Å². The lowest BCUT2D eigenvalue weighted by atomic mass is 9.92. The third kappa shape index (κ3) is 1.66. The van der Waals surface area contributed by atoms with Crippen molar-refractivity contribution in [1.29, 1.82) is 0 Å². The molecule has 5 rings (SSSR count). The molecule has 23 heavy (non-hydrogen) atoms. The Hall–Kier alpha value is -2.38. The summed E-state index contributed by atoms with van der Waals surface area (Å²) in [6, 6.07) is 22.1. The molecule has 110 valence electrons. The summed E-state index contributed by atoms with van der Waals surface area (Å²) in [6.07, 6.45) is 0. The fraction of sp³-hybridized carbons (Fsp3) is 0.0909. The Bertz CT molecular complexity index is 1220. The van der Waals surface area contributed by atoms with Crippen molar-refractivity contribution in [3.8, 4) is 0 Å². The lowest BCUT2D eigenvalue weighted by Gasteiger charge is -2.12. The SMILES string of the molecule is Cc1c2ccc3ccccc3c2c(C)c2c1sc1ccccc12. The van der Waals surface area contributed by atoms with Crippen LogP contribution in [0, 0.1) is 13.8 Å². The molecule has 0 fully saturated rings. The summed E-state index contributed by atoms with van der Waals surface area (Å²) in [5.74, 6) is 0. The maximum atomic E-state index is 2.30. The predicted molar refractivity (Wildman–Crippen MR) is 104 cm³/mol. The molecule has 0 atom stereocenters. The zero-order valence-corrected chi connectivity index (χ0v) is 14.0. The van der Waals surface area contributed by atoms with Crippen molar-refractivity contribution in [2.24, 2.45) is 0 Å². The van der Waals surface area contributed by atoms with Gasteiger partial charge < -0.3 is 0 Å². The number of hydrogen-bond donors (Lipinski definition) is 0. The Kier molecular flexibility index (Phi) is 2.60. The van der Waals surface area contributed by atoms with E-state index in [1.807, 2.05) is 11.3 Å². The highest BCUT2D eigenvalue weighted by Gasteiger charge is 2.15. The Morgan fingerprint density at radius 3 is 2.22 bits per heavy atom. The van der Waals surface area contributed by atoms with Crippen LogP contribution in [0.5, 0.6) is 0 Å². The lowest BCUT2D eigenvalue weighted by Crippen LogP contribution is -1.87. The van der Waals surface area contributed by atoms with Crippen LogP contribution in [0.3, 0.4) is 0 Å². The maximum Gasteiger partial charge on any atom is 0.0393 e. The van der Waals surface area contributed by atoms with Crippen LogP contribution in [0.4, 0.5) is 0 Å². The van der Waals surface area contributed by atoms with Gasteiger partial charge >= 0.3 is 0 Å². The van der Waals surface area contributed by atoms with Gasteiger partial charge in [-0.15, -0.1) is 11.3 Å². The minimum atomic E-state index is 1.32. The Morgan fingerprint density at radius 2 is 1.35 bits per heavy atom. The Labute approximate surface area is 139 Å². The van der Waals surface area contributed by atoms with E-state index in [4.69, 9.17) is 0 Å². The molecule has 4 aromatic carbocycles. The highest BCUT2D eigenvalue weighted by atomic mass is 32.1. The van der Waals surface area contributed by atoms with Gasteiger partial charge in [0.15, 0.2) is 0 Å². The van der Waals surface area contributed by atoms with E-state index in [-0.39, 0.29) is 0 Å². The van der Waals surface area contributed by atoms with Gasteiger partial charge in [0, 0.05) is 20.2 Å². The molecule has 5 aromatic rings. The van der Waals surface area contributed by atoms with Crippen molar-refractivity contribution >= 4 is 53.1 Å². The van der Waals surface area contributed by atoms with Gasteiger partial charge in [0.25, 0.3) is 0 Å². The van der Waals surface area contributed by atoms with Crippen molar-refractivity contribution in [2.45, 2.75) is 13.8 Å². The fourth-order valence-corrected chi connectivity index (χ4v) is 5.19. The summed E-state index contributed by atoms with van der Waals surface area (Å²) in [5.41, 5.74) is 2.82. The average molecular weight is 312 g/mol. The molecule has 0 radical (unpaired) electrons. The van der Waals surface area contributed by atoms with Crippen molar-refractivity contribution in [3.63, 3.8) is 0 Å². The maximum absolute atomic E-state index is 2.30. The third-order valence-corrected chi connectivity index (χ3v) is 6.31. The van der Waals surface area contributed by atoms with Crippen LogP contribution in [0.1, 0.15) is 11.1 Å². The summed E-state index contributed by atoms with van der Waals surface area (Å²) < 4.78 is 2.82. The fourth-order valence-electron chi connectivity index (χ4n) is 3.92. The van der Waals surface area contributed by atoms with E-state index in [9.17, 15) is 0 Å². The molecule has 1 aromatic heterocycles. The average Bonchev–Trinajstić information content (AvgIpc) is 2.99. The van der Waals surface area contributed by atoms with E-state index < -0.39 is 0 Å². The number of aryl methyl sites for hydroxylation is 2. The van der Waals surface area contributed by atoms with Gasteiger partial charge in [0.2, 0.25) is 0 Å². The van der Waals surface area contributed by atoms with Crippen LogP contribution in [-0.4, -0.2) is 0 Å². The molecule has 0 unspecified atom stereocenters. The monoisotopic (exact) mass is 312 g/mol. The first-order chi connectivity index (χ1) is 11.3. The number of fused-ring (bicyclic) bond motifs is 6. The number of rotatable bonds is 0. The normalized spacial score (nSPS) is 11.9. The molecule has 0 bridgehead atoms. The van der Waals surface area contributed by atoms with Crippen molar-refractivity contribution in [2.75, 3.05) is 0 Å². The van der Waals surface area contributed by atoms with Gasteiger partial charge in [-0.1, -0.05) is 54.6 Å². The van der Waals surface area contributed by atoms with Crippen molar-refractivity contribution in [3.05, 3.63) is 71.8 Å². The van der Waals surface area contributed by atoms with E-state index >= 15 is 0 Å².